The number of nitrogens with two attached hydrogens (primary N) is 2. The predicted octanol–water partition coefficient (Wildman–Crippen LogP) is 0.830. The Kier molecular flexibility index (Phi) is 3.40. The van der Waals surface area contributed by atoms with E-state index in [1.807, 2.05) is 30.3 Å². The molecule has 0 spiro atoms. The van der Waals surface area contributed by atoms with E-state index < -0.39 is 0 Å². The van der Waals surface area contributed by atoms with Gasteiger partial charge in [-0.2, -0.15) is 0 Å². The highest BCUT2D eigenvalue weighted by atomic mass is 32.1. The number of hydrogen-bond donors (Lipinski definition) is 2. The molecule has 0 radical (unpaired) electrons. The SMILES string of the molecule is NC(N)=NC(=S)Cc1ccccc1. The summed E-state index contributed by atoms with van der Waals surface area (Å²) in [4.78, 5) is 4.28. The summed E-state index contributed by atoms with van der Waals surface area (Å²) in [6.07, 6.45) is 0.605. The molecule has 0 aliphatic carbocycles. The molecule has 0 unspecified atom stereocenters. The summed E-state index contributed by atoms with van der Waals surface area (Å²) in [5.74, 6) is 0.0148. The summed E-state index contributed by atoms with van der Waals surface area (Å²) in [6.45, 7) is 0. The first kappa shape index (κ1) is 9.67. The average molecular weight is 193 g/mol. The van der Waals surface area contributed by atoms with Crippen LogP contribution in [0.1, 0.15) is 5.56 Å². The molecule has 0 aliphatic heterocycles. The Morgan fingerprint density at radius 1 is 1.23 bits per heavy atom. The molecule has 0 saturated heterocycles. The van der Waals surface area contributed by atoms with Gasteiger partial charge in [-0.25, -0.2) is 4.99 Å². The zero-order valence-corrected chi connectivity index (χ0v) is 7.92. The molecule has 4 heteroatoms. The van der Waals surface area contributed by atoms with Crippen LogP contribution in [0.25, 0.3) is 0 Å². The van der Waals surface area contributed by atoms with Crippen molar-refractivity contribution in [2.45, 2.75) is 6.42 Å². The minimum absolute atomic E-state index is 0.0148. The first-order valence-corrected chi connectivity index (χ1v) is 4.25. The molecule has 0 bridgehead atoms. The molecule has 0 aromatic heterocycles. The van der Waals surface area contributed by atoms with E-state index in [1.54, 1.807) is 0 Å². The van der Waals surface area contributed by atoms with E-state index in [-0.39, 0.29) is 5.96 Å². The van der Waals surface area contributed by atoms with E-state index in [0.717, 1.165) is 5.56 Å². The smallest absolute Gasteiger partial charge is 0.191 e. The Morgan fingerprint density at radius 2 is 1.85 bits per heavy atom. The van der Waals surface area contributed by atoms with Gasteiger partial charge >= 0.3 is 0 Å². The number of nitrogens with zero attached hydrogens (tertiary/aromatic N) is 1. The van der Waals surface area contributed by atoms with E-state index in [4.69, 9.17) is 23.7 Å². The highest BCUT2D eigenvalue weighted by molar-refractivity contribution is 7.80. The van der Waals surface area contributed by atoms with Gasteiger partial charge in [0.05, 0.1) is 0 Å². The van der Waals surface area contributed by atoms with Crippen LogP contribution in [0.2, 0.25) is 0 Å². The molecule has 3 nitrogen and oxygen atoms in total. The molecule has 0 fully saturated rings. The van der Waals surface area contributed by atoms with Crippen LogP contribution in [-0.4, -0.2) is 10.9 Å². The molecule has 0 heterocycles. The molecule has 0 amide bonds. The zero-order chi connectivity index (χ0) is 9.68. The summed E-state index contributed by atoms with van der Waals surface area (Å²) in [6, 6.07) is 9.82. The highest BCUT2D eigenvalue weighted by Gasteiger charge is 1.96. The third-order valence-corrected chi connectivity index (χ3v) is 1.69. The van der Waals surface area contributed by atoms with Crippen LogP contribution in [0.3, 0.4) is 0 Å². The summed E-state index contributed by atoms with van der Waals surface area (Å²) in [5.41, 5.74) is 11.5. The Bertz CT molecular complexity index is 315. The monoisotopic (exact) mass is 193 g/mol. The lowest BCUT2D eigenvalue weighted by molar-refractivity contribution is 1.32. The van der Waals surface area contributed by atoms with Gasteiger partial charge < -0.3 is 11.5 Å². The number of guanidine groups is 1. The number of thiocarbonyl (C=S) groups is 1. The lowest BCUT2D eigenvalue weighted by Gasteiger charge is -1.98. The third-order valence-electron chi connectivity index (χ3n) is 1.45. The summed E-state index contributed by atoms with van der Waals surface area (Å²) >= 11 is 4.96. The molecule has 0 atom stereocenters. The van der Waals surface area contributed by atoms with Gasteiger partial charge in [0.1, 0.15) is 4.99 Å². The fourth-order valence-electron chi connectivity index (χ4n) is 0.954. The van der Waals surface area contributed by atoms with E-state index in [1.165, 1.54) is 0 Å². The van der Waals surface area contributed by atoms with Gasteiger partial charge in [0.2, 0.25) is 0 Å². The first-order chi connectivity index (χ1) is 6.18. The second-order valence-corrected chi connectivity index (χ2v) is 3.06. The van der Waals surface area contributed by atoms with Crippen molar-refractivity contribution in [1.29, 1.82) is 0 Å². The Morgan fingerprint density at radius 3 is 2.38 bits per heavy atom. The van der Waals surface area contributed by atoms with Crippen molar-refractivity contribution in [2.75, 3.05) is 0 Å². The maximum atomic E-state index is 5.19. The lowest BCUT2D eigenvalue weighted by Crippen LogP contribution is -2.24. The van der Waals surface area contributed by atoms with Gasteiger partial charge in [-0.05, 0) is 5.56 Å². The summed E-state index contributed by atoms with van der Waals surface area (Å²) in [5, 5.41) is 0. The second kappa shape index (κ2) is 4.57. The third kappa shape index (κ3) is 3.66. The first-order valence-electron chi connectivity index (χ1n) is 3.85. The van der Waals surface area contributed by atoms with E-state index >= 15 is 0 Å². The number of aliphatic imine (C=N–C) groups is 1. The molecule has 13 heavy (non-hydrogen) atoms. The van der Waals surface area contributed by atoms with Crippen LogP contribution >= 0.6 is 12.2 Å². The molecule has 0 saturated carbocycles. The van der Waals surface area contributed by atoms with Gasteiger partial charge in [0.25, 0.3) is 0 Å². The van der Waals surface area contributed by atoms with Crippen LogP contribution in [-0.2, 0) is 6.42 Å². The van der Waals surface area contributed by atoms with Crippen LogP contribution < -0.4 is 11.5 Å². The van der Waals surface area contributed by atoms with E-state index in [9.17, 15) is 0 Å². The molecular formula is C9H11N3S. The van der Waals surface area contributed by atoms with E-state index in [2.05, 4.69) is 4.99 Å². The number of rotatable bonds is 2. The van der Waals surface area contributed by atoms with Crippen LogP contribution in [0, 0.1) is 0 Å². The second-order valence-electron chi connectivity index (χ2n) is 2.59. The molecule has 1 aromatic carbocycles. The molecule has 4 N–H and O–H groups in total. The molecule has 0 aliphatic rings. The molecule has 1 rings (SSSR count). The van der Waals surface area contributed by atoms with Crippen molar-refractivity contribution in [3.63, 3.8) is 0 Å². The minimum atomic E-state index is 0.0148. The minimum Gasteiger partial charge on any atom is -0.370 e. The van der Waals surface area contributed by atoms with Gasteiger partial charge in [0, 0.05) is 6.42 Å². The van der Waals surface area contributed by atoms with Gasteiger partial charge in [-0.3, -0.25) is 0 Å². The molecular weight excluding hydrogens is 182 g/mol. The topological polar surface area (TPSA) is 64.4 Å². The Hall–Kier alpha value is -1.42. The summed E-state index contributed by atoms with van der Waals surface area (Å²) in [7, 11) is 0. The average Bonchev–Trinajstić information content (AvgIpc) is 2.04. The Balaban J connectivity index is 2.61. The number of benzene rings is 1. The highest BCUT2D eigenvalue weighted by Crippen LogP contribution is 2.01. The lowest BCUT2D eigenvalue weighted by atomic mass is 10.1. The van der Waals surface area contributed by atoms with Crippen LogP contribution in [0.15, 0.2) is 35.3 Å². The molecule has 68 valence electrons. The van der Waals surface area contributed by atoms with Crippen molar-refractivity contribution in [3.8, 4) is 0 Å². The van der Waals surface area contributed by atoms with Crippen molar-refractivity contribution in [1.82, 2.24) is 0 Å². The quantitative estimate of drug-likeness (QED) is 0.415. The fourth-order valence-corrected chi connectivity index (χ4v) is 1.23. The maximum absolute atomic E-state index is 5.19. The van der Waals surface area contributed by atoms with Crippen LogP contribution in [0.4, 0.5) is 0 Å². The van der Waals surface area contributed by atoms with Gasteiger partial charge in [-0.15, -0.1) is 0 Å². The maximum Gasteiger partial charge on any atom is 0.191 e. The van der Waals surface area contributed by atoms with Crippen molar-refractivity contribution < 1.29 is 0 Å². The van der Waals surface area contributed by atoms with Gasteiger partial charge in [0.15, 0.2) is 5.96 Å². The van der Waals surface area contributed by atoms with E-state index in [0.29, 0.717) is 11.4 Å². The van der Waals surface area contributed by atoms with Crippen LogP contribution in [0.5, 0.6) is 0 Å². The molecule has 1 aromatic rings. The number of hydrogen-bond acceptors (Lipinski definition) is 1. The van der Waals surface area contributed by atoms with Crippen molar-refractivity contribution in [2.24, 2.45) is 16.5 Å². The van der Waals surface area contributed by atoms with Crippen molar-refractivity contribution >= 4 is 23.2 Å². The largest absolute Gasteiger partial charge is 0.370 e. The van der Waals surface area contributed by atoms with Gasteiger partial charge in [-0.1, -0.05) is 42.5 Å². The normalized spacial score (nSPS) is 9.23. The fraction of sp³-hybridized carbons (Fsp3) is 0.111. The predicted molar refractivity (Wildman–Crippen MR) is 58.6 cm³/mol. The standard InChI is InChI=1S/C9H11N3S/c10-9(11)12-8(13)6-7-4-2-1-3-5-7/h1-5H,6H2,(H4,10,11,12,13). The van der Waals surface area contributed by atoms with Crippen molar-refractivity contribution in [3.05, 3.63) is 35.9 Å². The zero-order valence-electron chi connectivity index (χ0n) is 7.10. The summed E-state index contributed by atoms with van der Waals surface area (Å²) < 4.78 is 0. The Labute approximate surface area is 82.5 Å².